The van der Waals surface area contributed by atoms with Gasteiger partial charge in [-0.05, 0) is 55.5 Å². The third kappa shape index (κ3) is 7.31. The number of nitrogens with two attached hydrogens (primary N) is 1. The Bertz CT molecular complexity index is 565. The predicted molar refractivity (Wildman–Crippen MR) is 106 cm³/mol. The standard InChI is InChI=1S/C17H25ClFN3OS.ClH/c1-24-8-6-16(20)17(23)21-14-3-2-7-22(11-14)10-12-4-5-13(19)9-15(12)18;/h4-5,9,14,16H,2-3,6-8,10-11,20H2,1H3,(H,21,23);1H/t14?,16-;/m0./s1. The molecule has 25 heavy (non-hydrogen) atoms. The minimum atomic E-state index is -0.445. The quantitative estimate of drug-likeness (QED) is 0.726. The van der Waals surface area contributed by atoms with Gasteiger partial charge in [-0.1, -0.05) is 17.7 Å². The fourth-order valence-corrected chi connectivity index (χ4v) is 3.61. The SMILES string of the molecule is CSCC[C@H](N)C(=O)NC1CCCN(Cc2ccc(F)cc2Cl)C1.Cl. The maximum Gasteiger partial charge on any atom is 0.237 e. The number of benzene rings is 1. The van der Waals surface area contributed by atoms with Crippen molar-refractivity contribution in [1.82, 2.24) is 10.2 Å². The Morgan fingerprint density at radius 3 is 3.00 bits per heavy atom. The van der Waals surface area contributed by atoms with E-state index in [9.17, 15) is 9.18 Å². The maximum absolute atomic E-state index is 13.1. The normalized spacial score (nSPS) is 19.1. The number of piperidine rings is 1. The molecule has 1 aromatic rings. The molecule has 1 aliphatic rings. The molecular formula is C17H26Cl2FN3OS. The zero-order valence-corrected chi connectivity index (χ0v) is 16.7. The number of nitrogens with one attached hydrogen (secondary N) is 1. The van der Waals surface area contributed by atoms with E-state index < -0.39 is 6.04 Å². The van der Waals surface area contributed by atoms with Crippen molar-refractivity contribution in [2.45, 2.75) is 37.9 Å². The van der Waals surface area contributed by atoms with Crippen molar-refractivity contribution >= 4 is 41.7 Å². The minimum Gasteiger partial charge on any atom is -0.351 e. The molecule has 0 spiro atoms. The van der Waals surface area contributed by atoms with Gasteiger partial charge in [-0.25, -0.2) is 4.39 Å². The largest absolute Gasteiger partial charge is 0.351 e. The van der Waals surface area contributed by atoms with Gasteiger partial charge >= 0.3 is 0 Å². The first-order valence-electron chi connectivity index (χ1n) is 8.20. The van der Waals surface area contributed by atoms with E-state index in [0.29, 0.717) is 18.0 Å². The Kier molecular flexibility index (Phi) is 10.1. The molecular weight excluding hydrogens is 384 g/mol. The Labute approximate surface area is 164 Å². The van der Waals surface area contributed by atoms with Crippen LogP contribution in [0.25, 0.3) is 0 Å². The van der Waals surface area contributed by atoms with Crippen molar-refractivity contribution in [3.05, 3.63) is 34.6 Å². The summed E-state index contributed by atoms with van der Waals surface area (Å²) in [6, 6.07) is 4.14. The van der Waals surface area contributed by atoms with Crippen LogP contribution in [0.5, 0.6) is 0 Å². The number of thioether (sulfide) groups is 1. The van der Waals surface area contributed by atoms with Crippen molar-refractivity contribution < 1.29 is 9.18 Å². The van der Waals surface area contributed by atoms with E-state index >= 15 is 0 Å². The summed E-state index contributed by atoms with van der Waals surface area (Å²) in [5.74, 6) is 0.483. The van der Waals surface area contributed by atoms with Crippen molar-refractivity contribution in [3.8, 4) is 0 Å². The van der Waals surface area contributed by atoms with Crippen LogP contribution >= 0.6 is 35.8 Å². The monoisotopic (exact) mass is 409 g/mol. The Hall–Kier alpha value is -0.530. The van der Waals surface area contributed by atoms with Gasteiger partial charge in [0.25, 0.3) is 0 Å². The molecule has 1 unspecified atom stereocenters. The highest BCUT2D eigenvalue weighted by Gasteiger charge is 2.24. The molecule has 4 nitrogen and oxygen atoms in total. The average molecular weight is 410 g/mol. The van der Waals surface area contributed by atoms with Crippen LogP contribution in [-0.2, 0) is 11.3 Å². The summed E-state index contributed by atoms with van der Waals surface area (Å²) in [7, 11) is 0. The first kappa shape index (κ1) is 22.5. The zero-order chi connectivity index (χ0) is 17.5. The molecule has 1 amide bonds. The number of likely N-dealkylation sites (tertiary alicyclic amines) is 1. The summed E-state index contributed by atoms with van der Waals surface area (Å²) in [4.78, 5) is 14.4. The molecule has 2 rings (SSSR count). The smallest absolute Gasteiger partial charge is 0.237 e. The molecule has 142 valence electrons. The van der Waals surface area contributed by atoms with Crippen LogP contribution in [0, 0.1) is 5.82 Å². The van der Waals surface area contributed by atoms with Crippen LogP contribution in [0.1, 0.15) is 24.8 Å². The Morgan fingerprint density at radius 2 is 2.32 bits per heavy atom. The van der Waals surface area contributed by atoms with Crippen LogP contribution in [0.4, 0.5) is 4.39 Å². The maximum atomic E-state index is 13.1. The summed E-state index contributed by atoms with van der Waals surface area (Å²) in [5.41, 5.74) is 6.83. The van der Waals surface area contributed by atoms with E-state index in [-0.39, 0.29) is 30.2 Å². The highest BCUT2D eigenvalue weighted by Crippen LogP contribution is 2.21. The van der Waals surface area contributed by atoms with Crippen LogP contribution in [0.3, 0.4) is 0 Å². The number of halogens is 3. The second-order valence-corrected chi connectivity index (χ2v) is 7.60. The van der Waals surface area contributed by atoms with E-state index in [2.05, 4.69) is 10.2 Å². The number of rotatable bonds is 7. The van der Waals surface area contributed by atoms with Crippen molar-refractivity contribution in [3.63, 3.8) is 0 Å². The van der Waals surface area contributed by atoms with Gasteiger partial charge in [-0.2, -0.15) is 11.8 Å². The average Bonchev–Trinajstić information content (AvgIpc) is 2.55. The van der Waals surface area contributed by atoms with E-state index in [4.69, 9.17) is 17.3 Å². The molecule has 1 heterocycles. The number of carbonyl (C=O) groups is 1. The second kappa shape index (κ2) is 11.2. The van der Waals surface area contributed by atoms with Crippen molar-refractivity contribution in [1.29, 1.82) is 0 Å². The molecule has 0 radical (unpaired) electrons. The highest BCUT2D eigenvalue weighted by atomic mass is 35.5. The molecule has 0 saturated carbocycles. The van der Waals surface area contributed by atoms with Gasteiger partial charge in [0, 0.05) is 24.2 Å². The summed E-state index contributed by atoms with van der Waals surface area (Å²) in [6.45, 7) is 2.36. The molecule has 1 aromatic carbocycles. The second-order valence-electron chi connectivity index (χ2n) is 6.21. The molecule has 3 N–H and O–H groups in total. The lowest BCUT2D eigenvalue weighted by molar-refractivity contribution is -0.123. The first-order chi connectivity index (χ1) is 11.5. The van der Waals surface area contributed by atoms with Gasteiger partial charge < -0.3 is 11.1 Å². The van der Waals surface area contributed by atoms with Gasteiger partial charge in [-0.3, -0.25) is 9.69 Å². The lowest BCUT2D eigenvalue weighted by atomic mass is 10.0. The fourth-order valence-electron chi connectivity index (χ4n) is 2.89. The van der Waals surface area contributed by atoms with E-state index in [1.807, 2.05) is 6.26 Å². The van der Waals surface area contributed by atoms with E-state index in [1.165, 1.54) is 12.1 Å². The molecule has 1 aliphatic heterocycles. The van der Waals surface area contributed by atoms with Gasteiger partial charge in [0.1, 0.15) is 5.82 Å². The highest BCUT2D eigenvalue weighted by molar-refractivity contribution is 7.98. The molecule has 0 bridgehead atoms. The zero-order valence-electron chi connectivity index (χ0n) is 14.3. The summed E-state index contributed by atoms with van der Waals surface area (Å²) < 4.78 is 13.1. The molecule has 1 saturated heterocycles. The van der Waals surface area contributed by atoms with Crippen molar-refractivity contribution in [2.75, 3.05) is 25.1 Å². The summed E-state index contributed by atoms with van der Waals surface area (Å²) >= 11 is 7.79. The fraction of sp³-hybridized carbons (Fsp3) is 0.588. The topological polar surface area (TPSA) is 58.4 Å². The predicted octanol–water partition coefficient (Wildman–Crippen LogP) is 3.06. The van der Waals surface area contributed by atoms with Crippen molar-refractivity contribution in [2.24, 2.45) is 5.73 Å². The molecule has 0 aliphatic carbocycles. The summed E-state index contributed by atoms with van der Waals surface area (Å²) in [6.07, 6.45) is 4.65. The van der Waals surface area contributed by atoms with Crippen LogP contribution < -0.4 is 11.1 Å². The number of hydrogen-bond donors (Lipinski definition) is 2. The van der Waals surface area contributed by atoms with E-state index in [0.717, 1.165) is 37.2 Å². The Balaban J connectivity index is 0.00000312. The third-order valence-electron chi connectivity index (χ3n) is 4.23. The van der Waals surface area contributed by atoms with Gasteiger partial charge in [0.05, 0.1) is 6.04 Å². The molecule has 8 heteroatoms. The molecule has 1 fully saturated rings. The summed E-state index contributed by atoms with van der Waals surface area (Å²) in [5, 5.41) is 3.50. The van der Waals surface area contributed by atoms with Crippen LogP contribution in [0.15, 0.2) is 18.2 Å². The number of hydrogen-bond acceptors (Lipinski definition) is 4. The van der Waals surface area contributed by atoms with Gasteiger partial charge in [0.15, 0.2) is 0 Å². The molecule has 2 atom stereocenters. The van der Waals surface area contributed by atoms with Gasteiger partial charge in [0.2, 0.25) is 5.91 Å². The van der Waals surface area contributed by atoms with E-state index in [1.54, 1.807) is 17.8 Å². The number of carbonyl (C=O) groups excluding carboxylic acids is 1. The van der Waals surface area contributed by atoms with Crippen LogP contribution in [0.2, 0.25) is 5.02 Å². The lowest BCUT2D eigenvalue weighted by Crippen LogP contribution is -2.51. The third-order valence-corrected chi connectivity index (χ3v) is 5.23. The number of nitrogens with zero attached hydrogens (tertiary/aromatic N) is 1. The lowest BCUT2D eigenvalue weighted by Gasteiger charge is -2.33. The molecule has 0 aromatic heterocycles. The van der Waals surface area contributed by atoms with Crippen LogP contribution in [-0.4, -0.2) is 48.0 Å². The van der Waals surface area contributed by atoms with Gasteiger partial charge in [-0.15, -0.1) is 12.4 Å². The Morgan fingerprint density at radius 1 is 1.56 bits per heavy atom. The first-order valence-corrected chi connectivity index (χ1v) is 9.98. The number of amides is 1. The minimum absolute atomic E-state index is 0.